The molecule has 1 aliphatic rings. The molecule has 0 bridgehead atoms. The average molecular weight is 424 g/mol. The number of hydrogen-bond donors (Lipinski definition) is 2. The molecule has 1 unspecified atom stereocenters. The van der Waals surface area contributed by atoms with Crippen molar-refractivity contribution in [3.05, 3.63) is 58.2 Å². The zero-order chi connectivity index (χ0) is 18.5. The van der Waals surface area contributed by atoms with Crippen LogP contribution in [0.3, 0.4) is 0 Å². The van der Waals surface area contributed by atoms with Crippen molar-refractivity contribution in [2.24, 2.45) is 0 Å². The predicted molar refractivity (Wildman–Crippen MR) is 103 cm³/mol. The minimum Gasteiger partial charge on any atom is -0.340 e. The highest BCUT2D eigenvalue weighted by atomic mass is 79.9. The molecule has 0 fully saturated rings. The second-order valence-electron chi connectivity index (χ2n) is 6.38. The molecule has 8 nitrogen and oxygen atoms in total. The van der Waals surface area contributed by atoms with E-state index in [2.05, 4.69) is 46.3 Å². The topological polar surface area (TPSA) is 101 Å². The van der Waals surface area contributed by atoms with E-state index >= 15 is 0 Å². The Hall–Kier alpha value is -3.07. The van der Waals surface area contributed by atoms with Gasteiger partial charge in [-0.2, -0.15) is 9.78 Å². The molecule has 1 aromatic carbocycles. The number of halogens is 1. The fraction of sp³-hybridized carbons (Fsp3) is 0.167. The fourth-order valence-corrected chi connectivity index (χ4v) is 4.20. The smallest absolute Gasteiger partial charge is 0.226 e. The van der Waals surface area contributed by atoms with Crippen molar-refractivity contribution in [3.8, 4) is 5.82 Å². The van der Waals surface area contributed by atoms with Crippen molar-refractivity contribution in [2.75, 3.05) is 5.32 Å². The minimum atomic E-state index is -0.0860. The van der Waals surface area contributed by atoms with Crippen molar-refractivity contribution >= 4 is 38.8 Å². The van der Waals surface area contributed by atoms with Gasteiger partial charge in [-0.25, -0.2) is 15.0 Å². The SMILES string of the molecule is Cc1nn(-c2ncnc3nc[nH]c23)c2c1C(c1ccccc1Br)CC(=O)N2. The van der Waals surface area contributed by atoms with E-state index in [9.17, 15) is 4.79 Å². The number of hydrogen-bond acceptors (Lipinski definition) is 5. The molecule has 0 saturated heterocycles. The molecule has 3 aromatic heterocycles. The van der Waals surface area contributed by atoms with Crippen LogP contribution in [0.25, 0.3) is 17.0 Å². The van der Waals surface area contributed by atoms with E-state index in [1.807, 2.05) is 31.2 Å². The number of amides is 1. The van der Waals surface area contributed by atoms with Crippen molar-refractivity contribution in [1.82, 2.24) is 29.7 Å². The summed E-state index contributed by atoms with van der Waals surface area (Å²) >= 11 is 3.61. The maximum atomic E-state index is 12.5. The van der Waals surface area contributed by atoms with Crippen LogP contribution in [0.5, 0.6) is 0 Å². The number of benzene rings is 1. The van der Waals surface area contributed by atoms with Crippen molar-refractivity contribution in [1.29, 1.82) is 0 Å². The maximum Gasteiger partial charge on any atom is 0.226 e. The molecule has 1 atom stereocenters. The first-order valence-electron chi connectivity index (χ1n) is 8.41. The Morgan fingerprint density at radius 1 is 1.22 bits per heavy atom. The van der Waals surface area contributed by atoms with Gasteiger partial charge in [0.15, 0.2) is 11.5 Å². The quantitative estimate of drug-likeness (QED) is 0.515. The van der Waals surface area contributed by atoms with E-state index in [-0.39, 0.29) is 11.8 Å². The highest BCUT2D eigenvalue weighted by Crippen LogP contribution is 2.42. The standard InChI is InChI=1S/C18H14BrN7O/c1-9-14-11(10-4-2-3-5-12(10)19)6-13(27)24-17(14)26(25-9)18-15-16(21-7-20-15)22-8-23-18/h2-5,7-8,11H,6H2,1H3,(H,24,27)(H,20,21,22,23). The van der Waals surface area contributed by atoms with Crippen LogP contribution in [0.4, 0.5) is 5.82 Å². The molecule has 134 valence electrons. The molecule has 1 amide bonds. The molecule has 0 saturated carbocycles. The number of aromatic amines is 1. The molecular formula is C18H14BrN7O. The van der Waals surface area contributed by atoms with Gasteiger partial charge in [0.1, 0.15) is 17.7 Å². The average Bonchev–Trinajstić information content (AvgIpc) is 3.26. The molecule has 2 N–H and O–H groups in total. The maximum absolute atomic E-state index is 12.5. The number of rotatable bonds is 2. The normalized spacial score (nSPS) is 16.4. The second kappa shape index (κ2) is 5.98. The van der Waals surface area contributed by atoms with Gasteiger partial charge in [-0.1, -0.05) is 34.1 Å². The summed E-state index contributed by atoms with van der Waals surface area (Å²) in [5, 5.41) is 7.66. The summed E-state index contributed by atoms with van der Waals surface area (Å²) in [5.74, 6) is 1.05. The highest BCUT2D eigenvalue weighted by Gasteiger charge is 2.34. The Morgan fingerprint density at radius 2 is 2.07 bits per heavy atom. The third kappa shape index (κ3) is 2.46. The fourth-order valence-electron chi connectivity index (χ4n) is 3.64. The first kappa shape index (κ1) is 16.1. The lowest BCUT2D eigenvalue weighted by molar-refractivity contribution is -0.116. The van der Waals surface area contributed by atoms with E-state index in [0.29, 0.717) is 29.2 Å². The monoisotopic (exact) mass is 423 g/mol. The van der Waals surface area contributed by atoms with Gasteiger partial charge in [0.2, 0.25) is 5.91 Å². The number of nitrogens with one attached hydrogen (secondary N) is 2. The third-order valence-electron chi connectivity index (χ3n) is 4.79. The van der Waals surface area contributed by atoms with Crippen molar-refractivity contribution in [3.63, 3.8) is 0 Å². The number of carbonyl (C=O) groups excluding carboxylic acids is 1. The van der Waals surface area contributed by atoms with Crippen LogP contribution in [-0.4, -0.2) is 35.6 Å². The number of aryl methyl sites for hydroxylation is 1. The summed E-state index contributed by atoms with van der Waals surface area (Å²) in [7, 11) is 0. The number of anilines is 1. The van der Waals surface area contributed by atoms with Crippen LogP contribution in [0.2, 0.25) is 0 Å². The summed E-state index contributed by atoms with van der Waals surface area (Å²) in [4.78, 5) is 28.2. The Morgan fingerprint density at radius 3 is 2.93 bits per heavy atom. The summed E-state index contributed by atoms with van der Waals surface area (Å²) in [6.45, 7) is 1.95. The summed E-state index contributed by atoms with van der Waals surface area (Å²) < 4.78 is 2.63. The van der Waals surface area contributed by atoms with Gasteiger partial charge >= 0.3 is 0 Å². The van der Waals surface area contributed by atoms with Crippen molar-refractivity contribution in [2.45, 2.75) is 19.3 Å². The number of imidazole rings is 1. The second-order valence-corrected chi connectivity index (χ2v) is 7.24. The Kier molecular flexibility index (Phi) is 3.57. The van der Waals surface area contributed by atoms with E-state index in [0.717, 1.165) is 21.3 Å². The first-order valence-corrected chi connectivity index (χ1v) is 9.21. The van der Waals surface area contributed by atoms with Crippen LogP contribution < -0.4 is 5.32 Å². The lowest BCUT2D eigenvalue weighted by Gasteiger charge is -2.25. The summed E-state index contributed by atoms with van der Waals surface area (Å²) in [5.41, 5.74) is 4.11. The van der Waals surface area contributed by atoms with Gasteiger partial charge in [0.05, 0.1) is 12.0 Å². The van der Waals surface area contributed by atoms with E-state index < -0.39 is 0 Å². The highest BCUT2D eigenvalue weighted by molar-refractivity contribution is 9.10. The molecule has 9 heteroatoms. The molecule has 5 rings (SSSR count). The molecule has 27 heavy (non-hydrogen) atoms. The Balaban J connectivity index is 1.75. The molecule has 4 aromatic rings. The van der Waals surface area contributed by atoms with Gasteiger partial charge in [-0.05, 0) is 18.6 Å². The number of H-pyrrole nitrogens is 1. The van der Waals surface area contributed by atoms with Gasteiger partial charge in [0.25, 0.3) is 0 Å². The van der Waals surface area contributed by atoms with Gasteiger partial charge < -0.3 is 10.3 Å². The van der Waals surface area contributed by atoms with E-state index in [1.165, 1.54) is 6.33 Å². The Bertz CT molecular complexity index is 1200. The predicted octanol–water partition coefficient (Wildman–Crippen LogP) is 3.08. The van der Waals surface area contributed by atoms with Gasteiger partial charge in [-0.3, -0.25) is 4.79 Å². The van der Waals surface area contributed by atoms with Crippen molar-refractivity contribution < 1.29 is 4.79 Å². The Labute approximate surface area is 162 Å². The van der Waals surface area contributed by atoms with Gasteiger partial charge in [0, 0.05) is 22.4 Å². The largest absolute Gasteiger partial charge is 0.340 e. The van der Waals surface area contributed by atoms with Crippen LogP contribution >= 0.6 is 15.9 Å². The van der Waals surface area contributed by atoms with Gasteiger partial charge in [-0.15, -0.1) is 0 Å². The number of carbonyl (C=O) groups is 1. The molecule has 0 radical (unpaired) electrons. The summed E-state index contributed by atoms with van der Waals surface area (Å²) in [6, 6.07) is 7.96. The summed E-state index contributed by atoms with van der Waals surface area (Å²) in [6.07, 6.45) is 3.37. The zero-order valence-electron chi connectivity index (χ0n) is 14.3. The zero-order valence-corrected chi connectivity index (χ0v) is 15.9. The number of aromatic nitrogens is 6. The molecule has 4 heterocycles. The van der Waals surface area contributed by atoms with E-state index in [4.69, 9.17) is 0 Å². The third-order valence-corrected chi connectivity index (χ3v) is 5.51. The number of nitrogens with zero attached hydrogens (tertiary/aromatic N) is 5. The van der Waals surface area contributed by atoms with Crippen LogP contribution in [-0.2, 0) is 4.79 Å². The number of fused-ring (bicyclic) bond motifs is 2. The van der Waals surface area contributed by atoms with E-state index in [1.54, 1.807) is 11.0 Å². The molecule has 1 aliphatic heterocycles. The lowest BCUT2D eigenvalue weighted by Crippen LogP contribution is -2.25. The van der Waals surface area contributed by atoms with Crippen LogP contribution in [0.1, 0.15) is 29.2 Å². The lowest BCUT2D eigenvalue weighted by atomic mass is 9.86. The van der Waals surface area contributed by atoms with Crippen LogP contribution in [0.15, 0.2) is 41.4 Å². The molecule has 0 aliphatic carbocycles. The molecule has 0 spiro atoms. The minimum absolute atomic E-state index is 0.0562. The molecular weight excluding hydrogens is 410 g/mol. The first-order chi connectivity index (χ1) is 13.1. The van der Waals surface area contributed by atoms with Crippen LogP contribution in [0, 0.1) is 6.92 Å².